The lowest BCUT2D eigenvalue weighted by atomic mass is 10.1. The Bertz CT molecular complexity index is 1270. The Morgan fingerprint density at radius 3 is 1.03 bits per heavy atom. The van der Waals surface area contributed by atoms with Crippen LogP contribution in [0.4, 0.5) is 0 Å². The van der Waals surface area contributed by atoms with Gasteiger partial charge >= 0.3 is 17.9 Å². The van der Waals surface area contributed by atoms with Gasteiger partial charge in [0.2, 0.25) is 0 Å². The minimum absolute atomic E-state index is 0.103. The first-order valence-corrected chi connectivity index (χ1v) is 27.1. The van der Waals surface area contributed by atoms with Gasteiger partial charge in [0.05, 0.1) is 0 Å². The van der Waals surface area contributed by atoms with Gasteiger partial charge < -0.3 is 14.2 Å². The lowest BCUT2D eigenvalue weighted by Gasteiger charge is -2.18. The first-order valence-electron chi connectivity index (χ1n) is 27.1. The second-order valence-corrected chi connectivity index (χ2v) is 17.7. The van der Waals surface area contributed by atoms with Gasteiger partial charge in [0.15, 0.2) is 6.10 Å². The highest BCUT2D eigenvalue weighted by Crippen LogP contribution is 2.14. The lowest BCUT2D eigenvalue weighted by Crippen LogP contribution is -2.30. The van der Waals surface area contributed by atoms with E-state index in [2.05, 4.69) is 106 Å². The van der Waals surface area contributed by atoms with E-state index in [-0.39, 0.29) is 37.5 Å². The standard InChI is InChI=1S/C59H100O6/c1-4-7-10-13-16-19-22-25-28-29-32-34-37-40-43-46-49-52-58(61)64-55-56(65-59(62)53-50-47-44-41-38-35-31-27-24-21-18-15-12-9-6-3)54-63-57(60)51-48-45-42-39-36-33-30-26-23-20-17-14-11-8-5-2/h8,11,17,20-21,24-26,28,30,32,34,40,43,56H,4-7,9-10,12-16,18-19,22-23,27,29,31,33,35-39,41-42,44-55H2,1-3H3/b11-8-,20-17-,24-21-,28-25-,30-26-,34-32-,43-40-/t56-/m1/s1. The molecule has 6 nitrogen and oxygen atoms in total. The van der Waals surface area contributed by atoms with Crippen LogP contribution >= 0.6 is 0 Å². The normalized spacial score (nSPS) is 12.7. The summed E-state index contributed by atoms with van der Waals surface area (Å²) in [6, 6.07) is 0. The summed E-state index contributed by atoms with van der Waals surface area (Å²) in [6.45, 7) is 6.45. The molecule has 0 aliphatic carbocycles. The van der Waals surface area contributed by atoms with E-state index < -0.39 is 6.10 Å². The molecule has 0 rings (SSSR count). The summed E-state index contributed by atoms with van der Waals surface area (Å²) in [4.78, 5) is 38.0. The van der Waals surface area contributed by atoms with E-state index in [1.54, 1.807) is 0 Å². The largest absolute Gasteiger partial charge is 0.462 e. The topological polar surface area (TPSA) is 78.9 Å². The summed E-state index contributed by atoms with van der Waals surface area (Å²) < 4.78 is 16.8. The molecule has 0 spiro atoms. The van der Waals surface area contributed by atoms with Crippen LogP contribution in [0.3, 0.4) is 0 Å². The van der Waals surface area contributed by atoms with Gasteiger partial charge in [-0.1, -0.05) is 209 Å². The molecular weight excluding hydrogens is 805 g/mol. The van der Waals surface area contributed by atoms with Crippen molar-refractivity contribution in [1.29, 1.82) is 0 Å². The number of ether oxygens (including phenoxy) is 3. The van der Waals surface area contributed by atoms with Crippen LogP contribution in [0.2, 0.25) is 0 Å². The van der Waals surface area contributed by atoms with Gasteiger partial charge in [0.1, 0.15) is 13.2 Å². The summed E-state index contributed by atoms with van der Waals surface area (Å²) in [5, 5.41) is 0. The molecule has 0 aromatic rings. The van der Waals surface area contributed by atoms with Crippen molar-refractivity contribution in [3.8, 4) is 0 Å². The summed E-state index contributed by atoms with van der Waals surface area (Å²) >= 11 is 0. The van der Waals surface area contributed by atoms with Crippen LogP contribution < -0.4 is 0 Å². The minimum Gasteiger partial charge on any atom is -0.462 e. The van der Waals surface area contributed by atoms with Gasteiger partial charge in [-0.15, -0.1) is 0 Å². The number of carbonyl (C=O) groups excluding carboxylic acids is 3. The van der Waals surface area contributed by atoms with Crippen LogP contribution in [0.15, 0.2) is 85.1 Å². The monoisotopic (exact) mass is 905 g/mol. The van der Waals surface area contributed by atoms with Crippen molar-refractivity contribution in [1.82, 2.24) is 0 Å². The van der Waals surface area contributed by atoms with Crippen LogP contribution in [0.25, 0.3) is 0 Å². The summed E-state index contributed by atoms with van der Waals surface area (Å²) in [5.41, 5.74) is 0. The van der Waals surface area contributed by atoms with E-state index in [1.807, 2.05) is 0 Å². The zero-order valence-electron chi connectivity index (χ0n) is 42.5. The maximum absolute atomic E-state index is 12.8. The number of hydrogen-bond donors (Lipinski definition) is 0. The lowest BCUT2D eigenvalue weighted by molar-refractivity contribution is -0.167. The fourth-order valence-electron chi connectivity index (χ4n) is 7.29. The van der Waals surface area contributed by atoms with Crippen molar-refractivity contribution >= 4 is 17.9 Å². The van der Waals surface area contributed by atoms with Crippen molar-refractivity contribution in [2.24, 2.45) is 0 Å². The molecule has 0 saturated heterocycles. The first-order chi connectivity index (χ1) is 32.0. The van der Waals surface area contributed by atoms with Crippen LogP contribution in [0, 0.1) is 0 Å². The molecule has 372 valence electrons. The van der Waals surface area contributed by atoms with E-state index in [1.165, 1.54) is 109 Å². The van der Waals surface area contributed by atoms with Gasteiger partial charge in [-0.05, 0) is 109 Å². The minimum atomic E-state index is -0.806. The Labute approximate surface area is 401 Å². The molecule has 0 unspecified atom stereocenters. The molecule has 0 amide bonds. The highest BCUT2D eigenvalue weighted by atomic mass is 16.6. The SMILES string of the molecule is CC/C=C\C/C=C\C/C=C\CCCCCCCC(=O)OC[C@H](COC(=O)CCC/C=C\C/C=C\C/C=C\CCCCCCCC)OC(=O)CCCCCCCCC/C=C\CCCCCC. The first kappa shape index (κ1) is 61.6. The number of carbonyl (C=O) groups is 3. The van der Waals surface area contributed by atoms with Gasteiger partial charge in [-0.2, -0.15) is 0 Å². The van der Waals surface area contributed by atoms with Crippen molar-refractivity contribution in [2.45, 2.75) is 258 Å². The van der Waals surface area contributed by atoms with Crippen LogP contribution in [0.1, 0.15) is 252 Å². The Morgan fingerprint density at radius 2 is 0.615 bits per heavy atom. The average Bonchev–Trinajstić information content (AvgIpc) is 3.30. The van der Waals surface area contributed by atoms with E-state index in [4.69, 9.17) is 14.2 Å². The quantitative estimate of drug-likeness (QED) is 0.0262. The van der Waals surface area contributed by atoms with Crippen LogP contribution in [0.5, 0.6) is 0 Å². The summed E-state index contributed by atoms with van der Waals surface area (Å²) in [7, 11) is 0. The summed E-state index contributed by atoms with van der Waals surface area (Å²) in [5.74, 6) is -0.976. The highest BCUT2D eigenvalue weighted by Gasteiger charge is 2.19. The Kier molecular flexibility index (Phi) is 50.4. The number of allylic oxidation sites excluding steroid dienone is 14. The molecule has 0 heterocycles. The Morgan fingerprint density at radius 1 is 0.323 bits per heavy atom. The van der Waals surface area contributed by atoms with Gasteiger partial charge in [-0.25, -0.2) is 0 Å². The van der Waals surface area contributed by atoms with Crippen molar-refractivity contribution in [3.05, 3.63) is 85.1 Å². The maximum atomic E-state index is 12.8. The number of esters is 3. The van der Waals surface area contributed by atoms with Gasteiger partial charge in [0, 0.05) is 19.3 Å². The number of hydrogen-bond acceptors (Lipinski definition) is 6. The molecule has 6 heteroatoms. The third-order valence-corrected chi connectivity index (χ3v) is 11.4. The van der Waals surface area contributed by atoms with Crippen molar-refractivity contribution < 1.29 is 28.6 Å². The molecule has 0 N–H and O–H groups in total. The second kappa shape index (κ2) is 53.2. The summed E-state index contributed by atoms with van der Waals surface area (Å²) in [6.07, 6.45) is 68.6. The highest BCUT2D eigenvalue weighted by molar-refractivity contribution is 5.71. The zero-order valence-corrected chi connectivity index (χ0v) is 42.5. The van der Waals surface area contributed by atoms with Gasteiger partial charge in [-0.3, -0.25) is 14.4 Å². The maximum Gasteiger partial charge on any atom is 0.306 e. The predicted octanol–water partition coefficient (Wildman–Crippen LogP) is 18.0. The molecule has 65 heavy (non-hydrogen) atoms. The molecule has 1 atom stereocenters. The Hall–Kier alpha value is -3.41. The molecule has 0 aromatic carbocycles. The molecule has 0 radical (unpaired) electrons. The van der Waals surface area contributed by atoms with E-state index in [0.29, 0.717) is 19.3 Å². The van der Waals surface area contributed by atoms with Gasteiger partial charge in [0.25, 0.3) is 0 Å². The van der Waals surface area contributed by atoms with E-state index in [9.17, 15) is 14.4 Å². The van der Waals surface area contributed by atoms with E-state index >= 15 is 0 Å². The molecule has 0 aliphatic rings. The molecule has 0 aromatic heterocycles. The van der Waals surface area contributed by atoms with Crippen molar-refractivity contribution in [3.63, 3.8) is 0 Å². The van der Waals surface area contributed by atoms with Crippen LogP contribution in [-0.4, -0.2) is 37.2 Å². The molecular formula is C59H100O6. The third-order valence-electron chi connectivity index (χ3n) is 11.4. The third kappa shape index (κ3) is 51.4. The van der Waals surface area contributed by atoms with Crippen LogP contribution in [-0.2, 0) is 28.6 Å². The fourth-order valence-corrected chi connectivity index (χ4v) is 7.29. The molecule has 0 fully saturated rings. The Balaban J connectivity index is 4.49. The smallest absolute Gasteiger partial charge is 0.306 e. The zero-order chi connectivity index (χ0) is 47.2. The van der Waals surface area contributed by atoms with E-state index in [0.717, 1.165) is 96.3 Å². The predicted molar refractivity (Wildman–Crippen MR) is 279 cm³/mol. The molecule has 0 bridgehead atoms. The van der Waals surface area contributed by atoms with Crippen molar-refractivity contribution in [2.75, 3.05) is 13.2 Å². The fraction of sp³-hybridized carbons (Fsp3) is 0.712. The molecule has 0 aliphatic heterocycles. The number of unbranched alkanes of at least 4 members (excludes halogenated alkanes) is 23. The molecule has 0 saturated carbocycles. The second-order valence-electron chi connectivity index (χ2n) is 17.7. The average molecular weight is 905 g/mol. The number of rotatable bonds is 48.